The van der Waals surface area contributed by atoms with Crippen LogP contribution in [-0.2, 0) is 9.53 Å². The van der Waals surface area contributed by atoms with Crippen LogP contribution >= 0.6 is 0 Å². The van der Waals surface area contributed by atoms with Crippen molar-refractivity contribution >= 4 is 5.97 Å². The fourth-order valence-electron chi connectivity index (χ4n) is 1.31. The first-order valence-electron chi connectivity index (χ1n) is 5.21. The molecule has 0 heterocycles. The SMILES string of the molecule is CCC(C)C(C)CCCOC(C)=O. The second kappa shape index (κ2) is 6.93. The zero-order valence-electron chi connectivity index (χ0n) is 9.30. The van der Waals surface area contributed by atoms with Gasteiger partial charge in [-0.05, 0) is 24.7 Å². The van der Waals surface area contributed by atoms with E-state index in [4.69, 9.17) is 4.74 Å². The van der Waals surface area contributed by atoms with Crippen LogP contribution in [0.2, 0.25) is 0 Å². The van der Waals surface area contributed by atoms with E-state index in [0.717, 1.165) is 24.7 Å². The molecule has 0 saturated heterocycles. The lowest BCUT2D eigenvalue weighted by Gasteiger charge is -2.17. The van der Waals surface area contributed by atoms with Gasteiger partial charge in [0.05, 0.1) is 6.61 Å². The Labute approximate surface area is 81.7 Å². The molecule has 0 spiro atoms. The number of hydrogen-bond acceptors (Lipinski definition) is 2. The number of carbonyl (C=O) groups is 1. The highest BCUT2D eigenvalue weighted by molar-refractivity contribution is 5.65. The number of hydrogen-bond donors (Lipinski definition) is 0. The third-order valence-electron chi connectivity index (χ3n) is 2.72. The minimum atomic E-state index is -0.170. The summed E-state index contributed by atoms with van der Waals surface area (Å²) in [4.78, 5) is 10.5. The summed E-state index contributed by atoms with van der Waals surface area (Å²) in [5.74, 6) is 1.34. The summed E-state index contributed by atoms with van der Waals surface area (Å²) in [6.07, 6.45) is 3.38. The smallest absolute Gasteiger partial charge is 0.302 e. The molecule has 2 atom stereocenters. The summed E-state index contributed by atoms with van der Waals surface area (Å²) in [6.45, 7) is 8.79. The van der Waals surface area contributed by atoms with Crippen molar-refractivity contribution < 1.29 is 9.53 Å². The Balaban J connectivity index is 3.36. The monoisotopic (exact) mass is 186 g/mol. The Hall–Kier alpha value is -0.530. The molecule has 0 aliphatic heterocycles. The molecule has 0 aromatic rings. The predicted octanol–water partition coefficient (Wildman–Crippen LogP) is 3.01. The van der Waals surface area contributed by atoms with E-state index in [9.17, 15) is 4.79 Å². The van der Waals surface area contributed by atoms with Crippen molar-refractivity contribution in [1.29, 1.82) is 0 Å². The van der Waals surface area contributed by atoms with Crippen LogP contribution in [0, 0.1) is 11.8 Å². The van der Waals surface area contributed by atoms with E-state index in [2.05, 4.69) is 20.8 Å². The minimum Gasteiger partial charge on any atom is -0.466 e. The second-order valence-electron chi connectivity index (χ2n) is 3.85. The van der Waals surface area contributed by atoms with E-state index in [0.29, 0.717) is 6.61 Å². The van der Waals surface area contributed by atoms with Gasteiger partial charge in [-0.3, -0.25) is 4.79 Å². The molecule has 0 amide bonds. The summed E-state index contributed by atoms with van der Waals surface area (Å²) in [6, 6.07) is 0. The molecule has 0 aromatic carbocycles. The quantitative estimate of drug-likeness (QED) is 0.471. The van der Waals surface area contributed by atoms with Crippen molar-refractivity contribution in [2.75, 3.05) is 6.61 Å². The van der Waals surface area contributed by atoms with Crippen LogP contribution in [0.5, 0.6) is 0 Å². The fraction of sp³-hybridized carbons (Fsp3) is 0.909. The van der Waals surface area contributed by atoms with Crippen LogP contribution in [0.25, 0.3) is 0 Å². The van der Waals surface area contributed by atoms with E-state index < -0.39 is 0 Å². The van der Waals surface area contributed by atoms with Crippen LogP contribution in [-0.4, -0.2) is 12.6 Å². The maximum Gasteiger partial charge on any atom is 0.302 e. The largest absolute Gasteiger partial charge is 0.466 e. The standard InChI is InChI=1S/C11H22O2/c1-5-9(2)10(3)7-6-8-13-11(4)12/h9-10H,5-8H2,1-4H3. The molecule has 0 aliphatic carbocycles. The number of carbonyl (C=O) groups excluding carboxylic acids is 1. The lowest BCUT2D eigenvalue weighted by Crippen LogP contribution is -2.09. The first kappa shape index (κ1) is 12.5. The van der Waals surface area contributed by atoms with Crippen molar-refractivity contribution in [3.8, 4) is 0 Å². The van der Waals surface area contributed by atoms with Gasteiger partial charge in [0.1, 0.15) is 0 Å². The Morgan fingerprint density at radius 2 is 1.92 bits per heavy atom. The van der Waals surface area contributed by atoms with Gasteiger partial charge in [-0.1, -0.05) is 27.2 Å². The van der Waals surface area contributed by atoms with Crippen LogP contribution < -0.4 is 0 Å². The number of rotatable bonds is 6. The van der Waals surface area contributed by atoms with Crippen molar-refractivity contribution in [3.63, 3.8) is 0 Å². The number of esters is 1. The molecule has 0 rings (SSSR count). The Kier molecular flexibility index (Phi) is 6.65. The zero-order valence-corrected chi connectivity index (χ0v) is 9.30. The highest BCUT2D eigenvalue weighted by Crippen LogP contribution is 2.19. The summed E-state index contributed by atoms with van der Waals surface area (Å²) < 4.78 is 4.87. The molecular weight excluding hydrogens is 164 g/mol. The van der Waals surface area contributed by atoms with Crippen molar-refractivity contribution in [1.82, 2.24) is 0 Å². The van der Waals surface area contributed by atoms with Gasteiger partial charge in [0.2, 0.25) is 0 Å². The molecule has 2 nitrogen and oxygen atoms in total. The van der Waals surface area contributed by atoms with Gasteiger partial charge in [-0.15, -0.1) is 0 Å². The molecule has 0 fully saturated rings. The Morgan fingerprint density at radius 3 is 2.38 bits per heavy atom. The van der Waals surface area contributed by atoms with E-state index in [1.807, 2.05) is 0 Å². The van der Waals surface area contributed by atoms with E-state index in [1.165, 1.54) is 13.3 Å². The highest BCUT2D eigenvalue weighted by atomic mass is 16.5. The molecule has 0 radical (unpaired) electrons. The molecule has 2 heteroatoms. The van der Waals surface area contributed by atoms with Gasteiger partial charge in [0.15, 0.2) is 0 Å². The second-order valence-corrected chi connectivity index (χ2v) is 3.85. The van der Waals surface area contributed by atoms with Gasteiger partial charge in [0, 0.05) is 6.92 Å². The summed E-state index contributed by atoms with van der Waals surface area (Å²) in [7, 11) is 0. The van der Waals surface area contributed by atoms with E-state index >= 15 is 0 Å². The first-order chi connectivity index (χ1) is 6.07. The molecule has 0 aromatic heterocycles. The van der Waals surface area contributed by atoms with Crippen LogP contribution in [0.15, 0.2) is 0 Å². The zero-order chi connectivity index (χ0) is 10.3. The molecule has 0 bridgehead atoms. The molecule has 0 aliphatic rings. The third-order valence-corrected chi connectivity index (χ3v) is 2.72. The molecule has 13 heavy (non-hydrogen) atoms. The van der Waals surface area contributed by atoms with E-state index in [1.54, 1.807) is 0 Å². The van der Waals surface area contributed by atoms with E-state index in [-0.39, 0.29) is 5.97 Å². The van der Waals surface area contributed by atoms with Gasteiger partial charge in [0.25, 0.3) is 0 Å². The van der Waals surface area contributed by atoms with Gasteiger partial charge in [-0.2, -0.15) is 0 Å². The van der Waals surface area contributed by atoms with Gasteiger partial charge < -0.3 is 4.74 Å². The van der Waals surface area contributed by atoms with Crippen LogP contribution in [0.3, 0.4) is 0 Å². The normalized spacial score (nSPS) is 15.1. The average molecular weight is 186 g/mol. The van der Waals surface area contributed by atoms with Crippen LogP contribution in [0.1, 0.15) is 47.0 Å². The summed E-state index contributed by atoms with van der Waals surface area (Å²) >= 11 is 0. The third kappa shape index (κ3) is 6.62. The fourth-order valence-corrected chi connectivity index (χ4v) is 1.31. The van der Waals surface area contributed by atoms with Gasteiger partial charge in [-0.25, -0.2) is 0 Å². The molecule has 0 N–H and O–H groups in total. The van der Waals surface area contributed by atoms with Crippen LogP contribution in [0.4, 0.5) is 0 Å². The average Bonchev–Trinajstić information content (AvgIpc) is 2.10. The summed E-state index contributed by atoms with van der Waals surface area (Å²) in [5.41, 5.74) is 0. The van der Waals surface area contributed by atoms with Gasteiger partial charge >= 0.3 is 5.97 Å². The minimum absolute atomic E-state index is 0.170. The molecule has 2 unspecified atom stereocenters. The van der Waals surface area contributed by atoms with Crippen molar-refractivity contribution in [3.05, 3.63) is 0 Å². The summed E-state index contributed by atoms with van der Waals surface area (Å²) in [5, 5.41) is 0. The predicted molar refractivity (Wildman–Crippen MR) is 54.5 cm³/mol. The maximum atomic E-state index is 10.5. The Morgan fingerprint density at radius 1 is 1.31 bits per heavy atom. The highest BCUT2D eigenvalue weighted by Gasteiger charge is 2.09. The Bertz CT molecular complexity index is 143. The first-order valence-corrected chi connectivity index (χ1v) is 5.21. The number of ether oxygens (including phenoxy) is 1. The molecular formula is C11H22O2. The van der Waals surface area contributed by atoms with Crippen molar-refractivity contribution in [2.45, 2.75) is 47.0 Å². The van der Waals surface area contributed by atoms with Crippen molar-refractivity contribution in [2.24, 2.45) is 11.8 Å². The molecule has 78 valence electrons. The lowest BCUT2D eigenvalue weighted by atomic mass is 9.90. The molecule has 0 saturated carbocycles. The maximum absolute atomic E-state index is 10.5. The topological polar surface area (TPSA) is 26.3 Å². The lowest BCUT2D eigenvalue weighted by molar-refractivity contribution is -0.141.